The van der Waals surface area contributed by atoms with E-state index in [-0.39, 0.29) is 44.0 Å². The van der Waals surface area contributed by atoms with Gasteiger partial charge in [0, 0.05) is 38.7 Å². The lowest BCUT2D eigenvalue weighted by molar-refractivity contribution is 1.05. The number of aromatic nitrogens is 3. The summed E-state index contributed by atoms with van der Waals surface area (Å²) in [6.07, 6.45) is -0.487. The molecule has 3 nitrogen and oxygen atoms in total. The Morgan fingerprint density at radius 3 is 1.50 bits per heavy atom. The van der Waals surface area contributed by atoms with Crippen LogP contribution in [0.2, 0.25) is 0 Å². The van der Waals surface area contributed by atoms with E-state index >= 15 is 0 Å². The average molecular weight is 611 g/mol. The average Bonchev–Trinajstić information content (AvgIpc) is 4.02. The second kappa shape index (κ2) is 8.77. The van der Waals surface area contributed by atoms with Crippen molar-refractivity contribution in [3.8, 4) is 17.1 Å². The summed E-state index contributed by atoms with van der Waals surface area (Å²) >= 11 is 0. The third kappa shape index (κ3) is 2.97. The molecule has 0 N–H and O–H groups in total. The zero-order chi connectivity index (χ0) is 51.7. The molecule has 1 aliphatic heterocycles. The summed E-state index contributed by atoms with van der Waals surface area (Å²) in [5, 5.41) is -2.01. The number of benzene rings is 7. The van der Waals surface area contributed by atoms with Crippen molar-refractivity contribution in [2.75, 3.05) is 0 Å². The van der Waals surface area contributed by atoms with E-state index in [1.807, 2.05) is 0 Å². The van der Waals surface area contributed by atoms with Crippen molar-refractivity contribution in [3.05, 3.63) is 162 Å². The van der Waals surface area contributed by atoms with E-state index < -0.39 is 207 Å². The minimum absolute atomic E-state index is 0.0439. The maximum absolute atomic E-state index is 9.89. The highest BCUT2D eigenvalue weighted by molar-refractivity contribution is 6.16. The molecule has 0 aliphatic carbocycles. The van der Waals surface area contributed by atoms with Gasteiger partial charge in [-0.1, -0.05) is 103 Å². The second-order valence-corrected chi connectivity index (χ2v) is 10.7. The van der Waals surface area contributed by atoms with Gasteiger partial charge >= 0.3 is 0 Å². The van der Waals surface area contributed by atoms with Crippen molar-refractivity contribution < 1.29 is 34.3 Å². The van der Waals surface area contributed by atoms with Crippen LogP contribution in [0, 0.1) is 0 Å². The van der Waals surface area contributed by atoms with Crippen LogP contribution in [-0.4, -0.2) is 13.7 Å². The van der Waals surface area contributed by atoms with Gasteiger partial charge in [0.25, 0.3) is 0 Å². The zero-order valence-corrected chi connectivity index (χ0v) is 23.0. The molecule has 0 unspecified atom stereocenters. The van der Waals surface area contributed by atoms with E-state index in [1.54, 1.807) is 0 Å². The quantitative estimate of drug-likeness (QED) is 0.185. The van der Waals surface area contributed by atoms with Gasteiger partial charge in [0.1, 0.15) is 0 Å². The number of fused-ring (bicyclic) bond motifs is 12. The van der Waals surface area contributed by atoms with E-state index in [2.05, 4.69) is 0 Å². The van der Waals surface area contributed by atoms with Crippen molar-refractivity contribution >= 4 is 65.4 Å². The Balaban J connectivity index is 1.45. The molecule has 3 heteroatoms. The minimum Gasteiger partial charge on any atom is -0.309 e. The molecule has 0 radical (unpaired) electrons. The Morgan fingerprint density at radius 1 is 0.370 bits per heavy atom. The summed E-state index contributed by atoms with van der Waals surface area (Å²) < 4.78 is 229. The molecule has 11 rings (SSSR count). The van der Waals surface area contributed by atoms with Crippen molar-refractivity contribution in [1.82, 2.24) is 13.7 Å². The minimum atomic E-state index is -0.984. The number of nitrogens with zero attached hydrogens (tertiary/aromatic N) is 3. The molecule has 46 heavy (non-hydrogen) atoms. The maximum atomic E-state index is 9.89. The van der Waals surface area contributed by atoms with Gasteiger partial charge in [0.15, 0.2) is 0 Å². The SMILES string of the molecule is [2H]c1c([2H])c([2H])c(-n2c3c([2H])c([2H])c([2H])c([2H])c3c3c4c(c([2H])c([2H])c32)-n2c3c([2H])c([2H])c([2H])c([2H])c3c3c([2H])c([2H])c([2H])c(c32)C4)c(-n2c3c([2H])c([2H])c([2H])c([2H])c3c3c([2H])c([2H])c([2H])c([2H])c32)c1[2H]. The van der Waals surface area contributed by atoms with Gasteiger partial charge in [-0.2, -0.15) is 0 Å². The number of hydrogen-bond donors (Lipinski definition) is 0. The molecular formula is C43H27N3. The number of hydrogen-bond acceptors (Lipinski definition) is 0. The maximum Gasteiger partial charge on any atom is 0.0702 e. The molecule has 0 atom stereocenters. The summed E-state index contributed by atoms with van der Waals surface area (Å²) in [4.78, 5) is 0. The van der Waals surface area contributed by atoms with E-state index in [1.165, 1.54) is 4.57 Å². The van der Waals surface area contributed by atoms with Crippen LogP contribution >= 0.6 is 0 Å². The first kappa shape index (κ1) is 10.8. The van der Waals surface area contributed by atoms with E-state index in [0.717, 1.165) is 9.13 Å². The van der Waals surface area contributed by atoms with Gasteiger partial charge in [-0.3, -0.25) is 0 Å². The summed E-state index contributed by atoms with van der Waals surface area (Å²) in [6.45, 7) is 0. The molecule has 0 saturated carbocycles. The van der Waals surface area contributed by atoms with Crippen molar-refractivity contribution in [2.45, 2.75) is 6.42 Å². The summed E-state index contributed by atoms with van der Waals surface area (Å²) in [5.41, 5.74) is -4.53. The van der Waals surface area contributed by atoms with E-state index in [0.29, 0.717) is 0 Å². The van der Waals surface area contributed by atoms with Crippen LogP contribution in [0.3, 0.4) is 0 Å². The van der Waals surface area contributed by atoms with Crippen LogP contribution in [0.25, 0.3) is 82.5 Å². The van der Waals surface area contributed by atoms with Gasteiger partial charge in [0.2, 0.25) is 0 Å². The molecule has 0 bridgehead atoms. The lowest BCUT2D eigenvalue weighted by atomic mass is 9.93. The Kier molecular flexibility index (Phi) is 2.06. The van der Waals surface area contributed by atoms with Crippen LogP contribution in [0.4, 0.5) is 0 Å². The van der Waals surface area contributed by atoms with Crippen LogP contribution in [0.5, 0.6) is 0 Å². The highest BCUT2D eigenvalue weighted by Gasteiger charge is 2.27. The molecule has 0 fully saturated rings. The fourth-order valence-electron chi connectivity index (χ4n) is 6.74. The molecule has 10 aromatic rings. The van der Waals surface area contributed by atoms with Crippen molar-refractivity contribution in [3.63, 3.8) is 0 Å². The largest absolute Gasteiger partial charge is 0.309 e. The molecule has 7 aromatic carbocycles. The third-order valence-corrected chi connectivity index (χ3v) is 8.48. The van der Waals surface area contributed by atoms with Gasteiger partial charge < -0.3 is 13.7 Å². The highest BCUT2D eigenvalue weighted by Crippen LogP contribution is 2.45. The van der Waals surface area contributed by atoms with Crippen molar-refractivity contribution in [2.24, 2.45) is 0 Å². The first-order valence-corrected chi connectivity index (χ1v) is 14.0. The lowest BCUT2D eigenvalue weighted by Crippen LogP contribution is -2.08. The van der Waals surface area contributed by atoms with Crippen LogP contribution < -0.4 is 0 Å². The molecule has 0 saturated heterocycles. The van der Waals surface area contributed by atoms with Gasteiger partial charge in [-0.05, 0) is 59.5 Å². The summed E-state index contributed by atoms with van der Waals surface area (Å²) in [6, 6.07) is -19.8. The first-order chi connectivity index (χ1) is 33.3. The molecule has 214 valence electrons. The standard InChI is InChI=1S/C43H27N3/c1-5-18-34-28(13-1)29-14-2-6-19-35(29)44(34)39-22-9-10-23-40(39)45-37-21-8-4-16-32(37)42-33-26-27-12-11-17-31-30-15-3-7-20-36(30)46(43(27)31)38(33)24-25-41(42)45/h1-25H,26H2/i1D,2D,3D,4D,5D,6D,7D,8D,9D,10D,11D,12D,13D,14D,15D,16D,17D,18D,19D,20D,21D,22D,23D,24D,25D. The first-order valence-electron chi connectivity index (χ1n) is 26.5. The van der Waals surface area contributed by atoms with Crippen LogP contribution in [0.1, 0.15) is 45.4 Å². The fraction of sp³-hybridized carbons (Fsp3) is 0.0233. The molecule has 0 spiro atoms. The second-order valence-electron chi connectivity index (χ2n) is 10.7. The Bertz CT molecular complexity index is 4210. The van der Waals surface area contributed by atoms with Crippen molar-refractivity contribution in [1.29, 1.82) is 0 Å². The molecule has 1 aliphatic rings. The number of rotatable bonds is 2. The van der Waals surface area contributed by atoms with Crippen LogP contribution in [0.15, 0.2) is 151 Å². The Labute approximate surface area is 299 Å². The van der Waals surface area contributed by atoms with Crippen LogP contribution in [-0.2, 0) is 6.42 Å². The summed E-state index contributed by atoms with van der Waals surface area (Å²) in [7, 11) is 0. The highest BCUT2D eigenvalue weighted by atomic mass is 15.1. The van der Waals surface area contributed by atoms with Gasteiger partial charge in [-0.15, -0.1) is 0 Å². The lowest BCUT2D eigenvalue weighted by Gasteiger charge is -2.22. The predicted molar refractivity (Wildman–Crippen MR) is 192 cm³/mol. The molecule has 3 aromatic heterocycles. The third-order valence-electron chi connectivity index (χ3n) is 8.48. The molecule has 4 heterocycles. The fourth-order valence-corrected chi connectivity index (χ4v) is 6.74. The smallest absolute Gasteiger partial charge is 0.0702 e. The monoisotopic (exact) mass is 610 g/mol. The molecular weight excluding hydrogens is 558 g/mol. The Morgan fingerprint density at radius 2 is 0.848 bits per heavy atom. The summed E-state index contributed by atoms with van der Waals surface area (Å²) in [5.74, 6) is 0. The normalized spacial score (nSPS) is 20.3. The van der Waals surface area contributed by atoms with E-state index in [9.17, 15) is 11.0 Å². The zero-order valence-electron chi connectivity index (χ0n) is 48.0. The number of para-hydroxylation sites is 7. The predicted octanol–water partition coefficient (Wildman–Crippen LogP) is 10.9. The topological polar surface area (TPSA) is 14.8 Å². The Hall–Kier alpha value is -6.06. The van der Waals surface area contributed by atoms with Gasteiger partial charge in [0.05, 0.1) is 84.4 Å². The molecule has 0 amide bonds. The van der Waals surface area contributed by atoms with Gasteiger partial charge in [-0.25, -0.2) is 0 Å². The van der Waals surface area contributed by atoms with E-state index in [4.69, 9.17) is 23.3 Å².